The first-order valence-electron chi connectivity index (χ1n) is 12.3. The van der Waals surface area contributed by atoms with Crippen LogP contribution in [0.5, 0.6) is 5.75 Å². The van der Waals surface area contributed by atoms with Crippen LogP contribution in [-0.2, 0) is 9.53 Å². The van der Waals surface area contributed by atoms with Gasteiger partial charge in [-0.3, -0.25) is 9.69 Å². The van der Waals surface area contributed by atoms with Gasteiger partial charge in [0.15, 0.2) is 0 Å². The summed E-state index contributed by atoms with van der Waals surface area (Å²) in [6, 6.07) is 5.73. The number of amides is 1. The van der Waals surface area contributed by atoms with Gasteiger partial charge >= 0.3 is 0 Å². The number of hydrogen-bond donors (Lipinski definition) is 0. The second-order valence-electron chi connectivity index (χ2n) is 8.99. The van der Waals surface area contributed by atoms with Crippen LogP contribution in [0.1, 0.15) is 38.3 Å². The van der Waals surface area contributed by atoms with E-state index in [0.717, 1.165) is 94.0 Å². The lowest BCUT2D eigenvalue weighted by atomic mass is 10.1. The van der Waals surface area contributed by atoms with E-state index in [1.807, 2.05) is 44.0 Å². The smallest absolute Gasteiger partial charge is 0.245 e. The Morgan fingerprint density at radius 2 is 2.03 bits per heavy atom. The average molecular weight is 456 g/mol. The number of likely N-dealkylation sites (N-methyl/N-ethyl adjacent to an activating group) is 1. The Hall–Kier alpha value is -2.45. The maximum absolute atomic E-state index is 13.3. The quantitative estimate of drug-likeness (QED) is 0.539. The van der Waals surface area contributed by atoms with Crippen LogP contribution in [0.15, 0.2) is 18.2 Å². The van der Waals surface area contributed by atoms with E-state index in [4.69, 9.17) is 19.4 Å². The molecule has 1 aromatic carbocycles. The van der Waals surface area contributed by atoms with Crippen molar-refractivity contribution in [3.05, 3.63) is 23.9 Å². The third-order valence-electron chi connectivity index (χ3n) is 6.65. The fourth-order valence-corrected chi connectivity index (χ4v) is 4.77. The normalized spacial score (nSPS) is 19.2. The molecule has 0 saturated carbocycles. The number of ether oxygens (including phenoxy) is 2. The molecule has 0 aliphatic carbocycles. The highest BCUT2D eigenvalue weighted by Gasteiger charge is 2.34. The van der Waals surface area contributed by atoms with E-state index in [0.29, 0.717) is 12.6 Å². The number of nitrogens with zero attached hydrogens (tertiary/aromatic N) is 5. The molecule has 1 amide bonds. The van der Waals surface area contributed by atoms with E-state index in [-0.39, 0.29) is 11.9 Å². The lowest BCUT2D eigenvalue weighted by Gasteiger charge is -2.29. The van der Waals surface area contributed by atoms with E-state index in [2.05, 4.69) is 9.80 Å². The predicted octanol–water partition coefficient (Wildman–Crippen LogP) is 2.88. The van der Waals surface area contributed by atoms with Gasteiger partial charge in [0, 0.05) is 38.6 Å². The minimum absolute atomic E-state index is 0.173. The van der Waals surface area contributed by atoms with Crippen molar-refractivity contribution in [2.24, 2.45) is 0 Å². The molecule has 8 heteroatoms. The Morgan fingerprint density at radius 1 is 1.21 bits per heavy atom. The van der Waals surface area contributed by atoms with E-state index in [1.54, 1.807) is 0 Å². The number of morpholine rings is 1. The zero-order valence-corrected chi connectivity index (χ0v) is 20.3. The molecule has 2 aliphatic rings. The van der Waals surface area contributed by atoms with Crippen LogP contribution < -0.4 is 9.64 Å². The summed E-state index contributed by atoms with van der Waals surface area (Å²) in [5.74, 6) is 1.65. The fourth-order valence-electron chi connectivity index (χ4n) is 4.77. The minimum Gasteiger partial charge on any atom is -0.494 e. The number of carbonyl (C=O) groups excluding carboxylic acids is 1. The molecule has 180 valence electrons. The molecule has 1 unspecified atom stereocenters. The molecule has 2 aromatic rings. The minimum atomic E-state index is -0.186. The third-order valence-corrected chi connectivity index (χ3v) is 6.65. The average Bonchev–Trinajstić information content (AvgIpc) is 3.32. The van der Waals surface area contributed by atoms with Crippen LogP contribution in [0.4, 0.5) is 5.95 Å². The van der Waals surface area contributed by atoms with Crippen molar-refractivity contribution in [3.63, 3.8) is 0 Å². The predicted molar refractivity (Wildman–Crippen MR) is 130 cm³/mol. The first kappa shape index (κ1) is 23.7. The van der Waals surface area contributed by atoms with Crippen LogP contribution in [0, 0.1) is 6.92 Å². The molecule has 1 atom stereocenters. The van der Waals surface area contributed by atoms with Crippen LogP contribution in [0.2, 0.25) is 0 Å². The Kier molecular flexibility index (Phi) is 7.98. The molecule has 33 heavy (non-hydrogen) atoms. The van der Waals surface area contributed by atoms with Crippen LogP contribution in [-0.4, -0.2) is 91.3 Å². The molecular formula is C25H37N5O3. The first-order valence-corrected chi connectivity index (χ1v) is 12.3. The molecule has 0 radical (unpaired) electrons. The van der Waals surface area contributed by atoms with Crippen molar-refractivity contribution in [2.75, 3.05) is 64.5 Å². The monoisotopic (exact) mass is 455 g/mol. The molecule has 2 fully saturated rings. The van der Waals surface area contributed by atoms with E-state index in [1.165, 1.54) is 0 Å². The number of benzene rings is 1. The number of carbonyl (C=O) groups is 1. The lowest BCUT2D eigenvalue weighted by molar-refractivity contribution is -0.131. The molecule has 1 aromatic heterocycles. The maximum atomic E-state index is 13.3. The maximum Gasteiger partial charge on any atom is 0.245 e. The number of unbranched alkanes of at least 4 members (excludes halogenated alkanes) is 1. The number of hydrogen-bond acceptors (Lipinski definition) is 7. The molecule has 3 heterocycles. The van der Waals surface area contributed by atoms with E-state index >= 15 is 0 Å². The van der Waals surface area contributed by atoms with Crippen molar-refractivity contribution in [3.8, 4) is 5.75 Å². The molecule has 0 N–H and O–H groups in total. The highest BCUT2D eigenvalue weighted by Crippen LogP contribution is 2.28. The molecule has 0 spiro atoms. The molecule has 2 aliphatic heterocycles. The molecule has 2 saturated heterocycles. The second kappa shape index (κ2) is 11.1. The number of fused-ring (bicyclic) bond motifs is 1. The van der Waals surface area contributed by atoms with Crippen molar-refractivity contribution in [1.82, 2.24) is 19.8 Å². The van der Waals surface area contributed by atoms with Crippen molar-refractivity contribution < 1.29 is 14.3 Å². The van der Waals surface area contributed by atoms with Crippen molar-refractivity contribution in [2.45, 2.75) is 45.6 Å². The summed E-state index contributed by atoms with van der Waals surface area (Å²) in [6.45, 7) is 11.0. The van der Waals surface area contributed by atoms with Crippen LogP contribution >= 0.6 is 0 Å². The van der Waals surface area contributed by atoms with E-state index in [9.17, 15) is 4.79 Å². The number of aryl methyl sites for hydroxylation is 1. The number of rotatable bonds is 9. The molecular weight excluding hydrogens is 418 g/mol. The van der Waals surface area contributed by atoms with E-state index < -0.39 is 0 Å². The first-order chi connectivity index (χ1) is 16.1. The number of aromatic nitrogens is 2. The Labute approximate surface area is 196 Å². The van der Waals surface area contributed by atoms with Gasteiger partial charge < -0.3 is 19.3 Å². The lowest BCUT2D eigenvalue weighted by Crippen LogP contribution is -2.45. The van der Waals surface area contributed by atoms with Gasteiger partial charge in [0.1, 0.15) is 11.8 Å². The number of anilines is 1. The Bertz CT molecular complexity index is 947. The van der Waals surface area contributed by atoms with Gasteiger partial charge in [0.25, 0.3) is 0 Å². The van der Waals surface area contributed by atoms with Gasteiger partial charge in [-0.25, -0.2) is 9.97 Å². The fraction of sp³-hybridized carbons (Fsp3) is 0.640. The van der Waals surface area contributed by atoms with Crippen LogP contribution in [0.3, 0.4) is 0 Å². The summed E-state index contributed by atoms with van der Waals surface area (Å²) in [6.07, 6.45) is 3.94. The molecule has 0 bridgehead atoms. The third kappa shape index (κ3) is 5.73. The van der Waals surface area contributed by atoms with Crippen LogP contribution in [0.25, 0.3) is 10.9 Å². The largest absolute Gasteiger partial charge is 0.494 e. The highest BCUT2D eigenvalue weighted by atomic mass is 16.5. The summed E-state index contributed by atoms with van der Waals surface area (Å²) in [7, 11) is 1.93. The summed E-state index contributed by atoms with van der Waals surface area (Å²) in [4.78, 5) is 29.3. The zero-order valence-electron chi connectivity index (χ0n) is 20.3. The van der Waals surface area contributed by atoms with Gasteiger partial charge in [-0.15, -0.1) is 0 Å². The summed E-state index contributed by atoms with van der Waals surface area (Å²) in [5, 5.41) is 0.990. The summed E-state index contributed by atoms with van der Waals surface area (Å²) < 4.78 is 11.0. The van der Waals surface area contributed by atoms with Crippen molar-refractivity contribution in [1.29, 1.82) is 0 Å². The van der Waals surface area contributed by atoms with Gasteiger partial charge in [-0.2, -0.15) is 0 Å². The molecule has 8 nitrogen and oxygen atoms in total. The summed E-state index contributed by atoms with van der Waals surface area (Å²) in [5.41, 5.74) is 1.79. The van der Waals surface area contributed by atoms with Gasteiger partial charge in [0.2, 0.25) is 11.9 Å². The zero-order chi connectivity index (χ0) is 23.2. The van der Waals surface area contributed by atoms with Gasteiger partial charge in [0.05, 0.1) is 31.0 Å². The topological polar surface area (TPSA) is 71.0 Å². The van der Waals surface area contributed by atoms with Gasteiger partial charge in [-0.1, -0.05) is 0 Å². The Morgan fingerprint density at radius 3 is 2.82 bits per heavy atom. The second-order valence-corrected chi connectivity index (χ2v) is 8.99. The summed E-state index contributed by atoms with van der Waals surface area (Å²) >= 11 is 0. The molecule has 4 rings (SSSR count). The SMILES string of the molecule is CCOc1ccc2nc(N3CCCC3C(=O)N(C)CCCCN3CCOCC3)nc(C)c2c1. The standard InChI is InChI=1S/C25H37N5O3/c1-4-33-20-9-10-22-21(18-20)19(2)26-25(27-22)30-13-7-8-23(30)24(31)28(3)11-5-6-12-29-14-16-32-17-15-29/h9-10,18,23H,4-8,11-17H2,1-3H3. The van der Waals surface area contributed by atoms with Crippen molar-refractivity contribution >= 4 is 22.8 Å². The highest BCUT2D eigenvalue weighted by molar-refractivity contribution is 5.87. The van der Waals surface area contributed by atoms with Gasteiger partial charge in [-0.05, 0) is 64.3 Å². The Balaban J connectivity index is 1.37.